The molecule has 2 atom stereocenters. The third-order valence-electron chi connectivity index (χ3n) is 4.09. The van der Waals surface area contributed by atoms with Gasteiger partial charge in [-0.25, -0.2) is 13.2 Å². The van der Waals surface area contributed by atoms with Crippen LogP contribution >= 0.6 is 24.4 Å². The summed E-state index contributed by atoms with van der Waals surface area (Å²) < 4.78 is 23.3. The molecule has 0 saturated carbocycles. The summed E-state index contributed by atoms with van der Waals surface area (Å²) in [6, 6.07) is -0.884. The van der Waals surface area contributed by atoms with E-state index < -0.39 is 26.7 Å². The molecule has 2 unspecified atom stereocenters. The van der Waals surface area contributed by atoms with Gasteiger partial charge in [0.1, 0.15) is 6.04 Å². The fourth-order valence-electron chi connectivity index (χ4n) is 2.76. The van der Waals surface area contributed by atoms with E-state index in [1.807, 2.05) is 0 Å². The van der Waals surface area contributed by atoms with Crippen molar-refractivity contribution in [3.63, 3.8) is 0 Å². The van der Waals surface area contributed by atoms with Gasteiger partial charge in [0.05, 0.1) is 16.4 Å². The lowest BCUT2D eigenvalue weighted by Gasteiger charge is -2.42. The first-order chi connectivity index (χ1) is 9.72. The molecule has 0 aliphatic carbocycles. The van der Waals surface area contributed by atoms with E-state index in [2.05, 4.69) is 12.6 Å². The number of amides is 1. The zero-order valence-corrected chi connectivity index (χ0v) is 14.2. The Hall–Kier alpha value is -0.410. The number of rotatable bonds is 3. The van der Waals surface area contributed by atoms with Crippen LogP contribution in [-0.2, 0) is 19.4 Å². The number of carboxylic acid groups (broad SMARTS) is 1. The van der Waals surface area contributed by atoms with Gasteiger partial charge in [0.15, 0.2) is 9.84 Å². The van der Waals surface area contributed by atoms with Gasteiger partial charge < -0.3 is 10.0 Å². The lowest BCUT2D eigenvalue weighted by Crippen LogP contribution is -2.56. The van der Waals surface area contributed by atoms with Crippen molar-refractivity contribution in [2.24, 2.45) is 5.92 Å². The Morgan fingerprint density at radius 2 is 2.00 bits per heavy atom. The molecule has 2 fully saturated rings. The highest BCUT2D eigenvalue weighted by Gasteiger charge is 2.54. The van der Waals surface area contributed by atoms with Crippen LogP contribution in [0.2, 0.25) is 0 Å². The van der Waals surface area contributed by atoms with Crippen molar-refractivity contribution >= 4 is 46.1 Å². The number of carbonyl (C=O) groups excluding carboxylic acids is 1. The van der Waals surface area contributed by atoms with Crippen LogP contribution in [0.25, 0.3) is 0 Å². The third kappa shape index (κ3) is 3.19. The van der Waals surface area contributed by atoms with E-state index in [1.165, 1.54) is 16.7 Å². The van der Waals surface area contributed by atoms with E-state index in [9.17, 15) is 23.1 Å². The molecule has 9 heteroatoms. The highest BCUT2D eigenvalue weighted by atomic mass is 32.2. The summed E-state index contributed by atoms with van der Waals surface area (Å²) in [5, 5.41) is 9.36. The van der Waals surface area contributed by atoms with Gasteiger partial charge >= 0.3 is 5.97 Å². The molecule has 0 radical (unpaired) electrons. The van der Waals surface area contributed by atoms with Gasteiger partial charge in [-0.15, -0.1) is 11.8 Å². The normalized spacial score (nSPS) is 28.5. The number of sulfone groups is 1. The molecule has 21 heavy (non-hydrogen) atoms. The number of thiol groups is 1. The third-order valence-corrected chi connectivity index (χ3v) is 7.91. The smallest absolute Gasteiger partial charge is 0.327 e. The van der Waals surface area contributed by atoms with Gasteiger partial charge in [0.25, 0.3) is 0 Å². The van der Waals surface area contributed by atoms with E-state index in [-0.39, 0.29) is 23.3 Å². The van der Waals surface area contributed by atoms with Crippen molar-refractivity contribution in [3.8, 4) is 0 Å². The molecule has 2 rings (SSSR count). The maximum absolute atomic E-state index is 12.6. The van der Waals surface area contributed by atoms with Gasteiger partial charge in [-0.2, -0.15) is 12.6 Å². The van der Waals surface area contributed by atoms with E-state index in [0.29, 0.717) is 24.3 Å². The first-order valence-electron chi connectivity index (χ1n) is 6.74. The second kappa shape index (κ2) is 6.00. The van der Waals surface area contributed by atoms with Crippen molar-refractivity contribution in [2.45, 2.75) is 30.7 Å². The van der Waals surface area contributed by atoms with Gasteiger partial charge in [0.2, 0.25) is 5.91 Å². The Bertz CT molecular complexity index is 533. The molecular weight excluding hydrogens is 334 g/mol. The molecule has 0 aromatic rings. The van der Waals surface area contributed by atoms with Crippen LogP contribution in [0.1, 0.15) is 19.8 Å². The lowest BCUT2D eigenvalue weighted by molar-refractivity contribution is -0.153. The van der Waals surface area contributed by atoms with Crippen LogP contribution in [0.15, 0.2) is 0 Å². The second-order valence-electron chi connectivity index (χ2n) is 5.55. The molecule has 2 heterocycles. The molecular formula is C12H19NO5S3. The monoisotopic (exact) mass is 353 g/mol. The molecule has 0 bridgehead atoms. The van der Waals surface area contributed by atoms with Crippen molar-refractivity contribution in [1.29, 1.82) is 0 Å². The minimum atomic E-state index is -3.07. The minimum absolute atomic E-state index is 0.00533. The maximum atomic E-state index is 12.6. The van der Waals surface area contributed by atoms with Gasteiger partial charge in [-0.1, -0.05) is 6.92 Å². The summed E-state index contributed by atoms with van der Waals surface area (Å²) in [7, 11) is -3.07. The molecule has 120 valence electrons. The van der Waals surface area contributed by atoms with E-state index in [1.54, 1.807) is 6.92 Å². The van der Waals surface area contributed by atoms with Crippen molar-refractivity contribution in [2.75, 3.05) is 23.0 Å². The van der Waals surface area contributed by atoms with E-state index >= 15 is 0 Å². The molecule has 1 spiro atoms. The van der Waals surface area contributed by atoms with Crippen LogP contribution in [-0.4, -0.2) is 64.2 Å². The average Bonchev–Trinajstić information content (AvgIpc) is 2.80. The quantitative estimate of drug-likeness (QED) is 0.718. The number of hydrogen-bond acceptors (Lipinski definition) is 6. The number of hydrogen-bond donors (Lipinski definition) is 2. The van der Waals surface area contributed by atoms with Crippen LogP contribution in [0.4, 0.5) is 0 Å². The number of thioether (sulfide) groups is 1. The largest absolute Gasteiger partial charge is 0.480 e. The zero-order chi connectivity index (χ0) is 15.8. The average molecular weight is 353 g/mol. The highest BCUT2D eigenvalue weighted by Crippen LogP contribution is 2.47. The Kier molecular flexibility index (Phi) is 4.84. The van der Waals surface area contributed by atoms with Crippen molar-refractivity contribution in [1.82, 2.24) is 4.90 Å². The molecule has 6 nitrogen and oxygen atoms in total. The summed E-state index contributed by atoms with van der Waals surface area (Å²) in [4.78, 5) is 24.7. The van der Waals surface area contributed by atoms with Crippen molar-refractivity contribution in [3.05, 3.63) is 0 Å². The summed E-state index contributed by atoms with van der Waals surface area (Å²) in [5.74, 6) is -1.02. The zero-order valence-electron chi connectivity index (χ0n) is 11.7. The van der Waals surface area contributed by atoms with Crippen LogP contribution in [0.3, 0.4) is 0 Å². The molecule has 1 amide bonds. The van der Waals surface area contributed by atoms with Gasteiger partial charge in [-0.3, -0.25) is 4.79 Å². The summed E-state index contributed by atoms with van der Waals surface area (Å²) in [6.07, 6.45) is 0.601. The number of aliphatic carboxylic acids is 1. The maximum Gasteiger partial charge on any atom is 0.327 e. The Morgan fingerprint density at radius 1 is 1.43 bits per heavy atom. The van der Waals surface area contributed by atoms with Crippen LogP contribution < -0.4 is 0 Å². The van der Waals surface area contributed by atoms with Crippen molar-refractivity contribution < 1.29 is 23.1 Å². The summed E-state index contributed by atoms with van der Waals surface area (Å²) >= 11 is 5.51. The van der Waals surface area contributed by atoms with Gasteiger partial charge in [-0.05, 0) is 12.8 Å². The summed E-state index contributed by atoms with van der Waals surface area (Å²) in [5.41, 5.74) is 0. The molecule has 1 N–H and O–H groups in total. The number of carboxylic acids is 1. The fourth-order valence-corrected chi connectivity index (χ4v) is 6.28. The second-order valence-corrected chi connectivity index (χ2v) is 9.61. The predicted molar refractivity (Wildman–Crippen MR) is 84.4 cm³/mol. The van der Waals surface area contributed by atoms with E-state index in [4.69, 9.17) is 0 Å². The summed E-state index contributed by atoms with van der Waals surface area (Å²) in [6.45, 7) is 1.71. The Labute approximate surface area is 134 Å². The molecule has 2 saturated heterocycles. The van der Waals surface area contributed by atoms with Crippen LogP contribution in [0, 0.1) is 5.92 Å². The molecule has 0 aromatic carbocycles. The first kappa shape index (κ1) is 17.0. The number of nitrogens with zero attached hydrogens (tertiary/aromatic N) is 1. The minimum Gasteiger partial charge on any atom is -0.480 e. The molecule has 2 aliphatic rings. The molecule has 2 aliphatic heterocycles. The SMILES string of the molecule is CC(CS)C(=O)N1C(C(=O)O)CSC12CCS(=O)(=O)CC2. The Morgan fingerprint density at radius 3 is 2.48 bits per heavy atom. The predicted octanol–water partition coefficient (Wildman–Crippen LogP) is 0.486. The molecule has 0 aromatic heterocycles. The van der Waals surface area contributed by atoms with E-state index in [0.717, 1.165) is 0 Å². The standard InChI is InChI=1S/C12H19NO5S3/c1-8(6-19)10(14)13-9(11(15)16)7-20-12(13)2-4-21(17,18)5-3-12/h8-9,19H,2-7H2,1H3,(H,15,16). The Balaban J connectivity index is 2.32. The first-order valence-corrected chi connectivity index (χ1v) is 10.2. The lowest BCUT2D eigenvalue weighted by atomic mass is 10.0. The highest BCUT2D eigenvalue weighted by molar-refractivity contribution is 8.01. The topological polar surface area (TPSA) is 91.8 Å². The number of carbonyl (C=O) groups is 2. The van der Waals surface area contributed by atoms with Crippen LogP contribution in [0.5, 0.6) is 0 Å². The fraction of sp³-hybridized carbons (Fsp3) is 0.833. The van der Waals surface area contributed by atoms with Gasteiger partial charge in [0, 0.05) is 17.4 Å².